The normalized spacial score (nSPS) is 14.4. The Morgan fingerprint density at radius 3 is 2.33 bits per heavy atom. The van der Waals surface area contributed by atoms with Crippen LogP contribution in [0.3, 0.4) is 0 Å². The second-order valence-electron chi connectivity index (χ2n) is 8.96. The third-order valence-electron chi connectivity index (χ3n) is 5.27. The van der Waals surface area contributed by atoms with Gasteiger partial charge in [0, 0.05) is 30.8 Å². The minimum Gasteiger partial charge on any atom is -0.497 e. The molecule has 0 aromatic heterocycles. The highest BCUT2D eigenvalue weighted by atomic mass is 16.6. The van der Waals surface area contributed by atoms with Crippen LogP contribution in [0.2, 0.25) is 0 Å². The number of methoxy groups -OCH3 is 1. The first-order chi connectivity index (χ1) is 15.7. The highest BCUT2D eigenvalue weighted by Gasteiger charge is 2.30. The van der Waals surface area contributed by atoms with Gasteiger partial charge in [-0.1, -0.05) is 18.2 Å². The number of carbonyl (C=O) groups is 3. The van der Waals surface area contributed by atoms with E-state index in [1.54, 1.807) is 60.5 Å². The standard InChI is InChI=1S/C25H31N3O5/c1-25(2,3)33-24(31)28-14-12-17(13-15-28)22(29)27-21-11-6-5-10-20(21)23(30)26-18-8-7-9-19(16-18)32-4/h5-11,16-17H,12-15H2,1-4H3,(H,26,30)(H,27,29). The van der Waals surface area contributed by atoms with Gasteiger partial charge in [0.2, 0.25) is 5.91 Å². The smallest absolute Gasteiger partial charge is 0.410 e. The summed E-state index contributed by atoms with van der Waals surface area (Å²) >= 11 is 0. The number of hydrogen-bond donors (Lipinski definition) is 2. The number of carbonyl (C=O) groups excluding carboxylic acids is 3. The van der Waals surface area contributed by atoms with Gasteiger partial charge in [0.25, 0.3) is 5.91 Å². The fourth-order valence-electron chi connectivity index (χ4n) is 3.57. The fraction of sp³-hybridized carbons (Fsp3) is 0.400. The summed E-state index contributed by atoms with van der Waals surface area (Å²) in [4.78, 5) is 39.6. The van der Waals surface area contributed by atoms with Crippen molar-refractivity contribution in [1.29, 1.82) is 0 Å². The number of nitrogens with zero attached hydrogens (tertiary/aromatic N) is 1. The van der Waals surface area contributed by atoms with Gasteiger partial charge in [0.1, 0.15) is 11.4 Å². The van der Waals surface area contributed by atoms with Crippen molar-refractivity contribution in [3.05, 3.63) is 54.1 Å². The number of para-hydroxylation sites is 1. The Morgan fingerprint density at radius 2 is 1.67 bits per heavy atom. The molecule has 0 aliphatic carbocycles. The maximum Gasteiger partial charge on any atom is 0.410 e. The van der Waals surface area contributed by atoms with Crippen molar-refractivity contribution in [3.63, 3.8) is 0 Å². The number of benzene rings is 2. The average Bonchev–Trinajstić information content (AvgIpc) is 2.78. The summed E-state index contributed by atoms with van der Waals surface area (Å²) in [7, 11) is 1.56. The summed E-state index contributed by atoms with van der Waals surface area (Å²) in [6, 6.07) is 13.9. The Labute approximate surface area is 194 Å². The molecule has 0 saturated carbocycles. The molecule has 3 amide bonds. The zero-order chi connectivity index (χ0) is 24.0. The number of ether oxygens (including phenoxy) is 2. The lowest BCUT2D eigenvalue weighted by molar-refractivity contribution is -0.121. The minimum absolute atomic E-state index is 0.166. The number of amides is 3. The molecule has 176 valence electrons. The first-order valence-corrected chi connectivity index (χ1v) is 11.0. The molecule has 8 nitrogen and oxygen atoms in total. The lowest BCUT2D eigenvalue weighted by atomic mass is 9.96. The fourth-order valence-corrected chi connectivity index (χ4v) is 3.57. The van der Waals surface area contributed by atoms with E-state index in [1.807, 2.05) is 20.8 Å². The van der Waals surface area contributed by atoms with Gasteiger partial charge in [0.05, 0.1) is 18.4 Å². The van der Waals surface area contributed by atoms with E-state index < -0.39 is 5.60 Å². The van der Waals surface area contributed by atoms with Gasteiger partial charge in [-0.15, -0.1) is 0 Å². The maximum absolute atomic E-state index is 12.9. The van der Waals surface area contributed by atoms with E-state index in [1.165, 1.54) is 0 Å². The maximum atomic E-state index is 12.9. The molecule has 2 aromatic carbocycles. The average molecular weight is 454 g/mol. The van der Waals surface area contributed by atoms with E-state index in [0.29, 0.717) is 48.6 Å². The molecule has 1 heterocycles. The highest BCUT2D eigenvalue weighted by molar-refractivity contribution is 6.10. The van der Waals surface area contributed by atoms with E-state index in [9.17, 15) is 14.4 Å². The zero-order valence-electron chi connectivity index (χ0n) is 19.5. The predicted octanol–water partition coefficient (Wildman–Crippen LogP) is 4.53. The number of hydrogen-bond acceptors (Lipinski definition) is 5. The molecule has 1 aliphatic rings. The van der Waals surface area contributed by atoms with Gasteiger partial charge in [-0.05, 0) is 57.9 Å². The third-order valence-corrected chi connectivity index (χ3v) is 5.27. The summed E-state index contributed by atoms with van der Waals surface area (Å²) in [6.45, 7) is 6.38. The topological polar surface area (TPSA) is 97.0 Å². The van der Waals surface area contributed by atoms with Crippen LogP contribution in [0, 0.1) is 5.92 Å². The SMILES string of the molecule is COc1cccc(NC(=O)c2ccccc2NC(=O)C2CCN(C(=O)OC(C)(C)C)CC2)c1. The molecule has 1 fully saturated rings. The quantitative estimate of drug-likeness (QED) is 0.693. The van der Waals surface area contributed by atoms with E-state index in [0.717, 1.165) is 0 Å². The van der Waals surface area contributed by atoms with Crippen molar-refractivity contribution in [3.8, 4) is 5.75 Å². The Bertz CT molecular complexity index is 1010. The molecular formula is C25H31N3O5. The first kappa shape index (κ1) is 24.1. The van der Waals surface area contributed by atoms with E-state index in [-0.39, 0.29) is 23.8 Å². The van der Waals surface area contributed by atoms with Gasteiger partial charge >= 0.3 is 6.09 Å². The summed E-state index contributed by atoms with van der Waals surface area (Å²) in [5, 5.41) is 5.73. The molecule has 33 heavy (non-hydrogen) atoms. The lowest BCUT2D eigenvalue weighted by Crippen LogP contribution is -2.43. The molecule has 3 rings (SSSR count). The number of nitrogens with one attached hydrogen (secondary N) is 2. The minimum atomic E-state index is -0.555. The van der Waals surface area contributed by atoms with Crippen LogP contribution in [0.1, 0.15) is 44.0 Å². The molecular weight excluding hydrogens is 422 g/mol. The molecule has 0 unspecified atom stereocenters. The van der Waals surface area contributed by atoms with Gasteiger partial charge in [-0.2, -0.15) is 0 Å². The van der Waals surface area contributed by atoms with Gasteiger partial charge in [0.15, 0.2) is 0 Å². The Balaban J connectivity index is 1.61. The summed E-state index contributed by atoms with van der Waals surface area (Å²) in [5.41, 5.74) is 0.841. The van der Waals surface area contributed by atoms with Crippen molar-refractivity contribution in [2.75, 3.05) is 30.8 Å². The monoisotopic (exact) mass is 453 g/mol. The molecule has 8 heteroatoms. The summed E-state index contributed by atoms with van der Waals surface area (Å²) < 4.78 is 10.6. The van der Waals surface area contributed by atoms with Crippen molar-refractivity contribution >= 4 is 29.3 Å². The van der Waals surface area contributed by atoms with Crippen LogP contribution in [0.15, 0.2) is 48.5 Å². The van der Waals surface area contributed by atoms with Crippen molar-refractivity contribution < 1.29 is 23.9 Å². The van der Waals surface area contributed by atoms with Crippen LogP contribution in [-0.2, 0) is 9.53 Å². The van der Waals surface area contributed by atoms with E-state index in [2.05, 4.69) is 10.6 Å². The molecule has 1 aliphatic heterocycles. The first-order valence-electron chi connectivity index (χ1n) is 11.0. The summed E-state index contributed by atoms with van der Waals surface area (Å²) in [5.74, 6) is -0.121. The molecule has 0 spiro atoms. The number of rotatable bonds is 5. The van der Waals surface area contributed by atoms with Gasteiger partial charge < -0.3 is 25.0 Å². The van der Waals surface area contributed by atoms with Crippen LogP contribution in [0.5, 0.6) is 5.75 Å². The molecule has 1 saturated heterocycles. The molecule has 2 N–H and O–H groups in total. The van der Waals surface area contributed by atoms with Crippen molar-refractivity contribution in [2.24, 2.45) is 5.92 Å². The number of anilines is 2. The number of piperidine rings is 1. The van der Waals surface area contributed by atoms with Crippen molar-refractivity contribution in [2.45, 2.75) is 39.2 Å². The van der Waals surface area contributed by atoms with Crippen LogP contribution < -0.4 is 15.4 Å². The van der Waals surface area contributed by atoms with Crippen LogP contribution in [0.25, 0.3) is 0 Å². The van der Waals surface area contributed by atoms with Crippen molar-refractivity contribution in [1.82, 2.24) is 4.90 Å². The molecule has 0 radical (unpaired) electrons. The van der Waals surface area contributed by atoms with Gasteiger partial charge in [-0.25, -0.2) is 4.79 Å². The Morgan fingerprint density at radius 1 is 0.970 bits per heavy atom. The largest absolute Gasteiger partial charge is 0.497 e. The number of likely N-dealkylation sites (tertiary alicyclic amines) is 1. The highest BCUT2D eigenvalue weighted by Crippen LogP contribution is 2.24. The van der Waals surface area contributed by atoms with E-state index in [4.69, 9.17) is 9.47 Å². The molecule has 0 bridgehead atoms. The molecule has 0 atom stereocenters. The second kappa shape index (κ2) is 10.4. The van der Waals surface area contributed by atoms with Crippen LogP contribution >= 0.6 is 0 Å². The Hall–Kier alpha value is -3.55. The van der Waals surface area contributed by atoms with E-state index >= 15 is 0 Å². The van der Waals surface area contributed by atoms with Crippen LogP contribution in [0.4, 0.5) is 16.2 Å². The Kier molecular flexibility index (Phi) is 7.58. The predicted molar refractivity (Wildman–Crippen MR) is 127 cm³/mol. The van der Waals surface area contributed by atoms with Gasteiger partial charge in [-0.3, -0.25) is 9.59 Å². The third kappa shape index (κ3) is 6.71. The van der Waals surface area contributed by atoms with Crippen LogP contribution in [-0.4, -0.2) is 48.6 Å². The zero-order valence-corrected chi connectivity index (χ0v) is 19.5. The second-order valence-corrected chi connectivity index (χ2v) is 8.96. The molecule has 2 aromatic rings. The summed E-state index contributed by atoms with van der Waals surface area (Å²) in [6.07, 6.45) is 0.702. The lowest BCUT2D eigenvalue weighted by Gasteiger charge is -2.33.